The van der Waals surface area contributed by atoms with Crippen molar-refractivity contribution in [3.8, 4) is 0 Å². The van der Waals surface area contributed by atoms with E-state index >= 15 is 0 Å². The number of urea groups is 1. The molecule has 28 heavy (non-hydrogen) atoms. The van der Waals surface area contributed by atoms with Crippen LogP contribution in [0.1, 0.15) is 22.3 Å². The number of aromatic amines is 1. The van der Waals surface area contributed by atoms with E-state index in [9.17, 15) is 18.0 Å². The fourth-order valence-corrected chi connectivity index (χ4v) is 3.90. The van der Waals surface area contributed by atoms with Gasteiger partial charge in [0.25, 0.3) is 15.6 Å². The van der Waals surface area contributed by atoms with Crippen molar-refractivity contribution in [2.24, 2.45) is 0 Å². The van der Waals surface area contributed by atoms with E-state index in [1.54, 1.807) is 18.2 Å². The maximum Gasteiger partial charge on any atom is 0.328 e. The number of hydrogen-bond donors (Lipinski definition) is 3. The van der Waals surface area contributed by atoms with Gasteiger partial charge in [-0.1, -0.05) is 29.3 Å². The first-order valence-electron chi connectivity index (χ1n) is 8.66. The minimum Gasteiger partial charge on any atom is -0.333 e. The SMILES string of the molecule is Cc1ccc(S(=O)(=O)NC(=O)NCc2cc3cc(C)cc(C)c3[nH]c2=O)cc1. The van der Waals surface area contributed by atoms with Crippen molar-refractivity contribution < 1.29 is 13.2 Å². The van der Waals surface area contributed by atoms with Crippen molar-refractivity contribution in [3.05, 3.63) is 75.1 Å². The van der Waals surface area contributed by atoms with Crippen LogP contribution in [0.3, 0.4) is 0 Å². The Labute approximate surface area is 162 Å². The molecule has 2 aromatic carbocycles. The standard InChI is InChI=1S/C20H21N3O4S/c1-12-4-6-17(7-5-12)28(26,27)23-20(25)21-11-16-10-15-9-13(2)8-14(3)18(15)22-19(16)24/h4-10H,11H2,1-3H3,(H,22,24)(H2,21,23,25). The zero-order chi connectivity index (χ0) is 20.5. The Morgan fingerprint density at radius 3 is 2.36 bits per heavy atom. The van der Waals surface area contributed by atoms with Crippen LogP contribution in [0.4, 0.5) is 4.79 Å². The lowest BCUT2D eigenvalue weighted by molar-refractivity contribution is 0.245. The molecule has 0 aliphatic carbocycles. The second-order valence-electron chi connectivity index (χ2n) is 6.77. The average molecular weight is 399 g/mol. The molecule has 2 amide bonds. The second-order valence-corrected chi connectivity index (χ2v) is 8.45. The lowest BCUT2D eigenvalue weighted by atomic mass is 10.1. The molecule has 3 rings (SSSR count). The molecular formula is C20H21N3O4S. The van der Waals surface area contributed by atoms with Gasteiger partial charge in [-0.25, -0.2) is 17.9 Å². The van der Waals surface area contributed by atoms with E-state index in [1.807, 2.05) is 37.6 Å². The van der Waals surface area contributed by atoms with Crippen LogP contribution < -0.4 is 15.6 Å². The van der Waals surface area contributed by atoms with Crippen LogP contribution in [0.25, 0.3) is 10.9 Å². The summed E-state index contributed by atoms with van der Waals surface area (Å²) < 4.78 is 26.4. The molecule has 0 fully saturated rings. The molecule has 0 spiro atoms. The maximum absolute atomic E-state index is 12.3. The second kappa shape index (κ2) is 7.47. The number of benzene rings is 2. The van der Waals surface area contributed by atoms with Gasteiger partial charge in [-0.2, -0.15) is 0 Å². The largest absolute Gasteiger partial charge is 0.333 e. The van der Waals surface area contributed by atoms with Crippen molar-refractivity contribution in [1.82, 2.24) is 15.0 Å². The Hall–Kier alpha value is -3.13. The summed E-state index contributed by atoms with van der Waals surface area (Å²) in [4.78, 5) is 27.1. The van der Waals surface area contributed by atoms with Gasteiger partial charge in [-0.05, 0) is 56.0 Å². The molecule has 146 valence electrons. The molecule has 8 heteroatoms. The van der Waals surface area contributed by atoms with Gasteiger partial charge < -0.3 is 10.3 Å². The van der Waals surface area contributed by atoms with Crippen molar-refractivity contribution in [2.75, 3.05) is 0 Å². The maximum atomic E-state index is 12.3. The molecule has 3 aromatic rings. The number of fused-ring (bicyclic) bond motifs is 1. The van der Waals surface area contributed by atoms with Gasteiger partial charge in [0.2, 0.25) is 0 Å². The van der Waals surface area contributed by atoms with E-state index in [4.69, 9.17) is 0 Å². The van der Waals surface area contributed by atoms with E-state index in [-0.39, 0.29) is 17.0 Å². The van der Waals surface area contributed by atoms with Crippen LogP contribution in [-0.2, 0) is 16.6 Å². The molecule has 0 aliphatic rings. The molecule has 0 bridgehead atoms. The summed E-state index contributed by atoms with van der Waals surface area (Å²) in [5.74, 6) is 0. The number of aromatic nitrogens is 1. The van der Waals surface area contributed by atoms with Crippen LogP contribution in [0.5, 0.6) is 0 Å². The number of rotatable bonds is 4. The highest BCUT2D eigenvalue weighted by molar-refractivity contribution is 7.90. The lowest BCUT2D eigenvalue weighted by Crippen LogP contribution is -2.39. The minimum atomic E-state index is -3.98. The van der Waals surface area contributed by atoms with Crippen molar-refractivity contribution in [3.63, 3.8) is 0 Å². The van der Waals surface area contributed by atoms with E-state index in [2.05, 4.69) is 10.3 Å². The number of carbonyl (C=O) groups excluding carboxylic acids is 1. The molecule has 0 saturated carbocycles. The smallest absolute Gasteiger partial charge is 0.328 e. The first-order valence-corrected chi connectivity index (χ1v) is 10.1. The van der Waals surface area contributed by atoms with E-state index in [1.165, 1.54) is 12.1 Å². The quantitative estimate of drug-likeness (QED) is 0.627. The molecule has 1 heterocycles. The summed E-state index contributed by atoms with van der Waals surface area (Å²) >= 11 is 0. The molecule has 0 radical (unpaired) electrons. The number of nitrogens with one attached hydrogen (secondary N) is 3. The van der Waals surface area contributed by atoms with Gasteiger partial charge in [-0.3, -0.25) is 4.79 Å². The third-order valence-corrected chi connectivity index (χ3v) is 5.71. The number of sulfonamides is 1. The van der Waals surface area contributed by atoms with Gasteiger partial charge in [-0.15, -0.1) is 0 Å². The summed E-state index contributed by atoms with van der Waals surface area (Å²) in [6, 6.07) is 10.8. The lowest BCUT2D eigenvalue weighted by Gasteiger charge is -2.10. The van der Waals surface area contributed by atoms with Gasteiger partial charge in [0, 0.05) is 5.56 Å². The Kier molecular flexibility index (Phi) is 5.24. The first-order chi connectivity index (χ1) is 13.2. The monoisotopic (exact) mass is 399 g/mol. The molecular weight excluding hydrogens is 378 g/mol. The average Bonchev–Trinajstić information content (AvgIpc) is 2.60. The summed E-state index contributed by atoms with van der Waals surface area (Å²) in [5, 5.41) is 3.27. The third-order valence-electron chi connectivity index (χ3n) is 4.37. The normalized spacial score (nSPS) is 11.4. The Morgan fingerprint density at radius 1 is 1.00 bits per heavy atom. The van der Waals surface area contributed by atoms with Gasteiger partial charge in [0.05, 0.1) is 17.0 Å². The van der Waals surface area contributed by atoms with Crippen LogP contribution in [-0.4, -0.2) is 19.4 Å². The predicted octanol–water partition coefficient (Wildman–Crippen LogP) is 2.64. The number of carbonyl (C=O) groups is 1. The number of amides is 2. The molecule has 1 aromatic heterocycles. The molecule has 0 unspecified atom stereocenters. The van der Waals surface area contributed by atoms with Crippen LogP contribution >= 0.6 is 0 Å². The van der Waals surface area contributed by atoms with Crippen LogP contribution in [0, 0.1) is 20.8 Å². The summed E-state index contributed by atoms with van der Waals surface area (Å²) in [7, 11) is -3.98. The Morgan fingerprint density at radius 2 is 1.68 bits per heavy atom. The fourth-order valence-electron chi connectivity index (χ4n) is 2.97. The summed E-state index contributed by atoms with van der Waals surface area (Å²) in [5.41, 5.74) is 3.66. The fraction of sp³-hybridized carbons (Fsp3) is 0.200. The van der Waals surface area contributed by atoms with Gasteiger partial charge in [0.15, 0.2) is 0 Å². The Bertz CT molecular complexity index is 1210. The molecule has 3 N–H and O–H groups in total. The van der Waals surface area contributed by atoms with Crippen LogP contribution in [0.15, 0.2) is 52.2 Å². The number of aryl methyl sites for hydroxylation is 3. The van der Waals surface area contributed by atoms with E-state index < -0.39 is 16.1 Å². The molecule has 0 saturated heterocycles. The van der Waals surface area contributed by atoms with E-state index in [0.29, 0.717) is 5.56 Å². The topological polar surface area (TPSA) is 108 Å². The van der Waals surface area contributed by atoms with Crippen molar-refractivity contribution in [1.29, 1.82) is 0 Å². The third kappa shape index (κ3) is 4.23. The molecule has 7 nitrogen and oxygen atoms in total. The van der Waals surface area contributed by atoms with Gasteiger partial charge in [0.1, 0.15) is 0 Å². The minimum absolute atomic E-state index is 0.0113. The van der Waals surface area contributed by atoms with Crippen molar-refractivity contribution >= 4 is 27.0 Å². The number of hydrogen-bond acceptors (Lipinski definition) is 4. The highest BCUT2D eigenvalue weighted by Crippen LogP contribution is 2.18. The Balaban J connectivity index is 1.75. The zero-order valence-corrected chi connectivity index (χ0v) is 16.6. The zero-order valence-electron chi connectivity index (χ0n) is 15.8. The highest BCUT2D eigenvalue weighted by Gasteiger charge is 2.17. The first kappa shape index (κ1) is 19.6. The number of H-pyrrole nitrogens is 1. The van der Waals surface area contributed by atoms with Gasteiger partial charge >= 0.3 is 6.03 Å². The molecule has 0 atom stereocenters. The highest BCUT2D eigenvalue weighted by atomic mass is 32.2. The molecule has 0 aliphatic heterocycles. The van der Waals surface area contributed by atoms with E-state index in [0.717, 1.165) is 27.6 Å². The van der Waals surface area contributed by atoms with Crippen molar-refractivity contribution in [2.45, 2.75) is 32.2 Å². The summed E-state index contributed by atoms with van der Waals surface area (Å²) in [6.45, 7) is 5.60. The number of pyridine rings is 1. The predicted molar refractivity (Wildman–Crippen MR) is 108 cm³/mol. The summed E-state index contributed by atoms with van der Waals surface area (Å²) in [6.07, 6.45) is 0. The van der Waals surface area contributed by atoms with Crippen LogP contribution in [0.2, 0.25) is 0 Å².